The van der Waals surface area contributed by atoms with Gasteiger partial charge in [-0.15, -0.1) is 0 Å². The number of amides is 2. The van der Waals surface area contributed by atoms with Crippen molar-refractivity contribution in [1.82, 2.24) is 10.3 Å². The first-order valence-electron chi connectivity index (χ1n) is 5.33. The van der Waals surface area contributed by atoms with Crippen molar-refractivity contribution in [3.8, 4) is 0 Å². The minimum atomic E-state index is -1.04. The molecule has 98 valence electrons. The number of aliphatic carboxylic acids is 1. The van der Waals surface area contributed by atoms with Crippen LogP contribution in [0.2, 0.25) is 0 Å². The number of urea groups is 1. The molecule has 18 heavy (non-hydrogen) atoms. The van der Waals surface area contributed by atoms with Crippen LogP contribution in [-0.2, 0) is 4.79 Å². The molecule has 6 nitrogen and oxygen atoms in total. The molecule has 1 atom stereocenters. The van der Waals surface area contributed by atoms with E-state index in [-0.39, 0.29) is 0 Å². The van der Waals surface area contributed by atoms with Crippen LogP contribution >= 0.6 is 11.8 Å². The quantitative estimate of drug-likeness (QED) is 0.726. The Bertz CT molecular complexity index is 400. The molecule has 0 radical (unpaired) electrons. The van der Waals surface area contributed by atoms with Crippen LogP contribution in [-0.4, -0.2) is 40.1 Å². The number of hydrogen-bond donors (Lipinski definition) is 3. The molecule has 0 aromatic carbocycles. The first kappa shape index (κ1) is 14.3. The number of thioether (sulfide) groups is 1. The van der Waals surface area contributed by atoms with Gasteiger partial charge in [-0.1, -0.05) is 6.07 Å². The van der Waals surface area contributed by atoms with Gasteiger partial charge in [0.05, 0.1) is 0 Å². The van der Waals surface area contributed by atoms with Crippen LogP contribution in [0.25, 0.3) is 0 Å². The summed E-state index contributed by atoms with van der Waals surface area (Å²) in [6.07, 6.45) is 3.80. The van der Waals surface area contributed by atoms with E-state index in [1.54, 1.807) is 18.2 Å². The summed E-state index contributed by atoms with van der Waals surface area (Å²) < 4.78 is 0. The molecule has 0 saturated carbocycles. The molecule has 0 aliphatic carbocycles. The molecule has 0 saturated heterocycles. The van der Waals surface area contributed by atoms with Crippen molar-refractivity contribution in [1.29, 1.82) is 0 Å². The number of nitrogens with one attached hydrogen (secondary N) is 2. The van der Waals surface area contributed by atoms with Gasteiger partial charge in [-0.3, -0.25) is 5.32 Å². The fourth-order valence-electron chi connectivity index (χ4n) is 1.24. The van der Waals surface area contributed by atoms with E-state index in [1.807, 2.05) is 6.26 Å². The van der Waals surface area contributed by atoms with Crippen LogP contribution in [0.15, 0.2) is 24.4 Å². The lowest BCUT2D eigenvalue weighted by atomic mass is 10.2. The Morgan fingerprint density at radius 1 is 1.50 bits per heavy atom. The predicted molar refractivity (Wildman–Crippen MR) is 70.8 cm³/mol. The monoisotopic (exact) mass is 269 g/mol. The Kier molecular flexibility index (Phi) is 5.99. The van der Waals surface area contributed by atoms with E-state index in [2.05, 4.69) is 15.6 Å². The minimum absolute atomic E-state index is 0.379. The molecule has 1 heterocycles. The number of carbonyl (C=O) groups excluding carboxylic acids is 1. The third-order valence-corrected chi connectivity index (χ3v) is 2.76. The number of hydrogen-bond acceptors (Lipinski definition) is 4. The predicted octanol–water partition coefficient (Wildman–Crippen LogP) is 1.41. The van der Waals surface area contributed by atoms with Crippen molar-refractivity contribution < 1.29 is 14.7 Å². The van der Waals surface area contributed by atoms with Crippen molar-refractivity contribution in [3.05, 3.63) is 24.4 Å². The largest absolute Gasteiger partial charge is 0.480 e. The van der Waals surface area contributed by atoms with Crippen LogP contribution in [0.1, 0.15) is 6.42 Å². The molecule has 1 unspecified atom stereocenters. The normalized spacial score (nSPS) is 11.6. The second-order valence-electron chi connectivity index (χ2n) is 3.49. The van der Waals surface area contributed by atoms with Crippen molar-refractivity contribution in [2.24, 2.45) is 0 Å². The molecule has 0 spiro atoms. The molecule has 0 fully saturated rings. The smallest absolute Gasteiger partial charge is 0.326 e. The van der Waals surface area contributed by atoms with Gasteiger partial charge in [0.15, 0.2) is 0 Å². The number of carboxylic acids is 1. The zero-order valence-corrected chi connectivity index (χ0v) is 10.7. The van der Waals surface area contributed by atoms with Gasteiger partial charge < -0.3 is 10.4 Å². The number of aromatic nitrogens is 1. The number of carbonyl (C=O) groups is 2. The fourth-order valence-corrected chi connectivity index (χ4v) is 1.71. The van der Waals surface area contributed by atoms with Crippen molar-refractivity contribution in [2.45, 2.75) is 12.5 Å². The Morgan fingerprint density at radius 2 is 2.28 bits per heavy atom. The van der Waals surface area contributed by atoms with Gasteiger partial charge in [0, 0.05) is 6.20 Å². The highest BCUT2D eigenvalue weighted by atomic mass is 32.2. The molecular formula is C11H15N3O3S. The molecule has 1 aromatic heterocycles. The minimum Gasteiger partial charge on any atom is -0.480 e. The first-order chi connectivity index (χ1) is 8.63. The molecule has 3 N–H and O–H groups in total. The van der Waals surface area contributed by atoms with Crippen LogP contribution in [0.5, 0.6) is 0 Å². The van der Waals surface area contributed by atoms with Gasteiger partial charge in [-0.05, 0) is 30.6 Å². The van der Waals surface area contributed by atoms with Gasteiger partial charge in [0.1, 0.15) is 11.9 Å². The van der Waals surface area contributed by atoms with E-state index in [9.17, 15) is 9.59 Å². The van der Waals surface area contributed by atoms with Gasteiger partial charge in [-0.2, -0.15) is 11.8 Å². The zero-order valence-electron chi connectivity index (χ0n) is 9.92. The summed E-state index contributed by atoms with van der Waals surface area (Å²) >= 11 is 1.53. The summed E-state index contributed by atoms with van der Waals surface area (Å²) in [5, 5.41) is 13.8. The standard InChI is InChI=1S/C11H15N3O3S/c1-18-7-5-8(10(15)16)13-11(17)14-9-4-2-3-6-12-9/h2-4,6,8H,5,7H2,1H3,(H,15,16)(H2,12,13,14,17). The van der Waals surface area contributed by atoms with Crippen LogP contribution in [0.3, 0.4) is 0 Å². The van der Waals surface area contributed by atoms with Gasteiger partial charge in [0.2, 0.25) is 0 Å². The average molecular weight is 269 g/mol. The third kappa shape index (κ3) is 5.05. The first-order valence-corrected chi connectivity index (χ1v) is 6.73. The van der Waals surface area contributed by atoms with E-state index in [0.29, 0.717) is 18.0 Å². The summed E-state index contributed by atoms with van der Waals surface area (Å²) in [4.78, 5) is 26.4. The van der Waals surface area contributed by atoms with Crippen LogP contribution < -0.4 is 10.6 Å². The highest BCUT2D eigenvalue weighted by Gasteiger charge is 2.19. The highest BCUT2D eigenvalue weighted by Crippen LogP contribution is 2.03. The van der Waals surface area contributed by atoms with Crippen molar-refractivity contribution in [2.75, 3.05) is 17.3 Å². The molecule has 0 aliphatic heterocycles. The topological polar surface area (TPSA) is 91.3 Å². The number of nitrogens with zero attached hydrogens (tertiary/aromatic N) is 1. The molecule has 2 amide bonds. The second kappa shape index (κ2) is 7.54. The van der Waals surface area contributed by atoms with Gasteiger partial charge in [0.25, 0.3) is 0 Å². The zero-order chi connectivity index (χ0) is 13.4. The van der Waals surface area contributed by atoms with E-state index >= 15 is 0 Å². The SMILES string of the molecule is CSCCC(NC(=O)Nc1ccccn1)C(=O)O. The van der Waals surface area contributed by atoms with Gasteiger partial charge >= 0.3 is 12.0 Å². The van der Waals surface area contributed by atoms with Crippen molar-refractivity contribution >= 4 is 29.6 Å². The maximum absolute atomic E-state index is 11.6. The Balaban J connectivity index is 2.48. The summed E-state index contributed by atoms with van der Waals surface area (Å²) in [6, 6.07) is 3.62. The maximum atomic E-state index is 11.6. The Morgan fingerprint density at radius 3 is 2.83 bits per heavy atom. The number of rotatable bonds is 6. The lowest BCUT2D eigenvalue weighted by Gasteiger charge is -2.14. The molecule has 1 rings (SSSR count). The number of carboxylic acid groups (broad SMARTS) is 1. The summed E-state index contributed by atoms with van der Waals surface area (Å²) in [7, 11) is 0. The Labute approximate surface area is 109 Å². The maximum Gasteiger partial charge on any atom is 0.326 e. The van der Waals surface area contributed by atoms with Gasteiger partial charge in [-0.25, -0.2) is 14.6 Å². The molecule has 1 aromatic rings. The summed E-state index contributed by atoms with van der Waals surface area (Å²) in [6.45, 7) is 0. The van der Waals surface area contributed by atoms with E-state index < -0.39 is 18.0 Å². The summed E-state index contributed by atoms with van der Waals surface area (Å²) in [5.41, 5.74) is 0. The average Bonchev–Trinajstić information content (AvgIpc) is 2.35. The second-order valence-corrected chi connectivity index (χ2v) is 4.47. The van der Waals surface area contributed by atoms with E-state index in [4.69, 9.17) is 5.11 Å². The van der Waals surface area contributed by atoms with E-state index in [1.165, 1.54) is 18.0 Å². The molecular weight excluding hydrogens is 254 g/mol. The molecule has 0 bridgehead atoms. The third-order valence-electron chi connectivity index (χ3n) is 2.12. The number of anilines is 1. The highest BCUT2D eigenvalue weighted by molar-refractivity contribution is 7.98. The lowest BCUT2D eigenvalue weighted by Crippen LogP contribution is -2.43. The fraction of sp³-hybridized carbons (Fsp3) is 0.364. The molecule has 0 aliphatic rings. The Hall–Kier alpha value is -1.76. The van der Waals surface area contributed by atoms with Crippen molar-refractivity contribution in [3.63, 3.8) is 0 Å². The van der Waals surface area contributed by atoms with E-state index in [0.717, 1.165) is 0 Å². The van der Waals surface area contributed by atoms with Crippen LogP contribution in [0, 0.1) is 0 Å². The number of pyridine rings is 1. The molecule has 7 heteroatoms. The van der Waals surface area contributed by atoms with Crippen LogP contribution in [0.4, 0.5) is 10.6 Å². The summed E-state index contributed by atoms with van der Waals surface area (Å²) in [5.74, 6) is 0.00474. The lowest BCUT2D eigenvalue weighted by molar-refractivity contribution is -0.139.